The van der Waals surface area contributed by atoms with Gasteiger partial charge < -0.3 is 10.4 Å². The Hall–Kier alpha value is -2.13. The molecule has 0 bridgehead atoms. The third-order valence-electron chi connectivity index (χ3n) is 2.88. The SMILES string of the molecule is C[C@@H](CO)NC(=O)c1cccc(-c2ccccc2)c1. The maximum Gasteiger partial charge on any atom is 0.251 e. The highest BCUT2D eigenvalue weighted by Gasteiger charge is 2.09. The van der Waals surface area contributed by atoms with Crippen molar-refractivity contribution in [2.45, 2.75) is 13.0 Å². The summed E-state index contributed by atoms with van der Waals surface area (Å²) >= 11 is 0. The van der Waals surface area contributed by atoms with Gasteiger partial charge in [-0.05, 0) is 30.2 Å². The number of hydrogen-bond acceptors (Lipinski definition) is 2. The normalized spacial score (nSPS) is 11.9. The Bertz CT molecular complexity index is 552. The van der Waals surface area contributed by atoms with E-state index >= 15 is 0 Å². The maximum atomic E-state index is 12.0. The van der Waals surface area contributed by atoms with E-state index in [1.54, 1.807) is 13.0 Å². The minimum absolute atomic E-state index is 0.0654. The molecule has 3 heteroatoms. The lowest BCUT2D eigenvalue weighted by Gasteiger charge is -2.11. The molecule has 1 atom stereocenters. The molecule has 0 unspecified atom stereocenters. The van der Waals surface area contributed by atoms with E-state index in [1.165, 1.54) is 0 Å². The molecule has 98 valence electrons. The number of aliphatic hydroxyl groups excluding tert-OH is 1. The van der Waals surface area contributed by atoms with E-state index in [0.717, 1.165) is 11.1 Å². The summed E-state index contributed by atoms with van der Waals surface area (Å²) in [6.07, 6.45) is 0. The first-order valence-electron chi connectivity index (χ1n) is 6.28. The second-order valence-corrected chi connectivity index (χ2v) is 4.50. The highest BCUT2D eigenvalue weighted by atomic mass is 16.3. The highest BCUT2D eigenvalue weighted by Crippen LogP contribution is 2.19. The molecular weight excluding hydrogens is 238 g/mol. The van der Waals surface area contributed by atoms with Gasteiger partial charge in [0.15, 0.2) is 0 Å². The molecule has 0 fully saturated rings. The van der Waals surface area contributed by atoms with Crippen molar-refractivity contribution in [2.75, 3.05) is 6.61 Å². The van der Waals surface area contributed by atoms with Crippen LogP contribution < -0.4 is 5.32 Å². The molecule has 0 aliphatic carbocycles. The molecule has 0 radical (unpaired) electrons. The average Bonchev–Trinajstić information content (AvgIpc) is 2.48. The zero-order valence-electron chi connectivity index (χ0n) is 10.8. The van der Waals surface area contributed by atoms with E-state index in [9.17, 15) is 4.79 Å². The molecule has 0 saturated heterocycles. The summed E-state index contributed by atoms with van der Waals surface area (Å²) in [5.74, 6) is -0.167. The summed E-state index contributed by atoms with van der Waals surface area (Å²) in [5, 5.41) is 11.7. The van der Waals surface area contributed by atoms with Crippen molar-refractivity contribution in [3.63, 3.8) is 0 Å². The first-order chi connectivity index (χ1) is 9.20. The lowest BCUT2D eigenvalue weighted by atomic mass is 10.0. The molecule has 1 amide bonds. The number of benzene rings is 2. The van der Waals surface area contributed by atoms with Crippen LogP contribution in [0.25, 0.3) is 11.1 Å². The fourth-order valence-electron chi connectivity index (χ4n) is 1.82. The van der Waals surface area contributed by atoms with Crippen molar-refractivity contribution in [3.05, 3.63) is 60.2 Å². The molecular formula is C16H17NO2. The van der Waals surface area contributed by atoms with Gasteiger partial charge in [0.25, 0.3) is 5.91 Å². The summed E-state index contributed by atoms with van der Waals surface area (Å²) in [7, 11) is 0. The van der Waals surface area contributed by atoms with Crippen molar-refractivity contribution < 1.29 is 9.90 Å². The predicted molar refractivity (Wildman–Crippen MR) is 75.9 cm³/mol. The highest BCUT2D eigenvalue weighted by molar-refractivity contribution is 5.95. The molecule has 3 nitrogen and oxygen atoms in total. The van der Waals surface area contributed by atoms with Gasteiger partial charge in [-0.2, -0.15) is 0 Å². The van der Waals surface area contributed by atoms with Crippen molar-refractivity contribution in [1.82, 2.24) is 5.32 Å². The molecule has 2 N–H and O–H groups in total. The van der Waals surface area contributed by atoms with E-state index in [4.69, 9.17) is 5.11 Å². The summed E-state index contributed by atoms with van der Waals surface area (Å²) < 4.78 is 0. The Labute approximate surface area is 112 Å². The molecule has 0 spiro atoms. The molecule has 0 aliphatic rings. The second-order valence-electron chi connectivity index (χ2n) is 4.50. The summed E-state index contributed by atoms with van der Waals surface area (Å²) in [5.41, 5.74) is 2.68. The van der Waals surface area contributed by atoms with Crippen LogP contribution in [-0.4, -0.2) is 23.7 Å². The minimum atomic E-state index is -0.243. The van der Waals surface area contributed by atoms with Gasteiger partial charge >= 0.3 is 0 Å². The van der Waals surface area contributed by atoms with Gasteiger partial charge in [0.2, 0.25) is 0 Å². The van der Waals surface area contributed by atoms with E-state index in [2.05, 4.69) is 5.32 Å². The lowest BCUT2D eigenvalue weighted by molar-refractivity contribution is 0.0922. The Morgan fingerprint density at radius 1 is 1.11 bits per heavy atom. The van der Waals surface area contributed by atoms with Crippen LogP contribution in [0.15, 0.2) is 54.6 Å². The van der Waals surface area contributed by atoms with Crippen LogP contribution in [0.2, 0.25) is 0 Å². The maximum absolute atomic E-state index is 12.0. The molecule has 0 heterocycles. The number of aliphatic hydroxyl groups is 1. The van der Waals surface area contributed by atoms with Crippen LogP contribution >= 0.6 is 0 Å². The van der Waals surface area contributed by atoms with E-state index < -0.39 is 0 Å². The van der Waals surface area contributed by atoms with Gasteiger partial charge in [-0.3, -0.25) is 4.79 Å². The topological polar surface area (TPSA) is 49.3 Å². The summed E-state index contributed by atoms with van der Waals surface area (Å²) in [4.78, 5) is 12.0. The van der Waals surface area contributed by atoms with Crippen molar-refractivity contribution in [3.8, 4) is 11.1 Å². The molecule has 19 heavy (non-hydrogen) atoms. The van der Waals surface area contributed by atoms with Crippen LogP contribution in [0.3, 0.4) is 0 Å². The van der Waals surface area contributed by atoms with Crippen LogP contribution in [-0.2, 0) is 0 Å². The number of amides is 1. The Morgan fingerprint density at radius 3 is 2.47 bits per heavy atom. The lowest BCUT2D eigenvalue weighted by Crippen LogP contribution is -2.34. The van der Waals surface area contributed by atoms with Crippen LogP contribution in [0.1, 0.15) is 17.3 Å². The largest absolute Gasteiger partial charge is 0.394 e. The molecule has 0 aliphatic heterocycles. The molecule has 2 rings (SSSR count). The Kier molecular flexibility index (Phi) is 4.31. The summed E-state index contributed by atoms with van der Waals surface area (Å²) in [6, 6.07) is 17.1. The van der Waals surface area contributed by atoms with E-state index in [1.807, 2.05) is 48.5 Å². The molecule has 2 aromatic rings. The van der Waals surface area contributed by atoms with Gasteiger partial charge in [-0.15, -0.1) is 0 Å². The smallest absolute Gasteiger partial charge is 0.251 e. The first kappa shape index (κ1) is 13.3. The predicted octanol–water partition coefficient (Wildman–Crippen LogP) is 2.46. The van der Waals surface area contributed by atoms with Gasteiger partial charge in [0.1, 0.15) is 0 Å². The van der Waals surface area contributed by atoms with Crippen molar-refractivity contribution >= 4 is 5.91 Å². The van der Waals surface area contributed by atoms with Gasteiger partial charge in [0.05, 0.1) is 6.61 Å². The van der Waals surface area contributed by atoms with Crippen LogP contribution in [0.4, 0.5) is 0 Å². The number of hydrogen-bond donors (Lipinski definition) is 2. The average molecular weight is 255 g/mol. The minimum Gasteiger partial charge on any atom is -0.394 e. The Morgan fingerprint density at radius 2 is 1.79 bits per heavy atom. The number of rotatable bonds is 4. The van der Waals surface area contributed by atoms with Crippen LogP contribution in [0, 0.1) is 0 Å². The zero-order chi connectivity index (χ0) is 13.7. The fourth-order valence-corrected chi connectivity index (χ4v) is 1.82. The third-order valence-corrected chi connectivity index (χ3v) is 2.88. The number of carbonyl (C=O) groups excluding carboxylic acids is 1. The Balaban J connectivity index is 2.23. The van der Waals surface area contributed by atoms with Gasteiger partial charge in [0, 0.05) is 11.6 Å². The van der Waals surface area contributed by atoms with Gasteiger partial charge in [-0.1, -0.05) is 42.5 Å². The monoisotopic (exact) mass is 255 g/mol. The number of nitrogens with one attached hydrogen (secondary N) is 1. The number of carbonyl (C=O) groups is 1. The molecule has 2 aromatic carbocycles. The molecule has 0 saturated carbocycles. The first-order valence-corrected chi connectivity index (χ1v) is 6.28. The molecule has 0 aromatic heterocycles. The second kappa shape index (κ2) is 6.16. The fraction of sp³-hybridized carbons (Fsp3) is 0.188. The third kappa shape index (κ3) is 3.42. The standard InChI is InChI=1S/C16H17NO2/c1-12(11-18)17-16(19)15-9-5-8-14(10-15)13-6-3-2-4-7-13/h2-10,12,18H,11H2,1H3,(H,17,19)/t12-/m0/s1. The summed E-state index contributed by atoms with van der Waals surface area (Å²) in [6.45, 7) is 1.70. The van der Waals surface area contributed by atoms with E-state index in [-0.39, 0.29) is 18.6 Å². The zero-order valence-corrected chi connectivity index (χ0v) is 10.8. The van der Waals surface area contributed by atoms with Crippen molar-refractivity contribution in [2.24, 2.45) is 0 Å². The van der Waals surface area contributed by atoms with Gasteiger partial charge in [-0.25, -0.2) is 0 Å². The quantitative estimate of drug-likeness (QED) is 0.881. The van der Waals surface area contributed by atoms with E-state index in [0.29, 0.717) is 5.56 Å². The van der Waals surface area contributed by atoms with Crippen LogP contribution in [0.5, 0.6) is 0 Å². The van der Waals surface area contributed by atoms with Crippen molar-refractivity contribution in [1.29, 1.82) is 0 Å².